The number of Topliss-reactive ketones (excluding diaryl/α,β-unsaturated/α-hetero) is 1. The summed E-state index contributed by atoms with van der Waals surface area (Å²) in [6.07, 6.45) is 6.27. The lowest BCUT2D eigenvalue weighted by Gasteiger charge is -2.58. The number of piperidine rings is 1. The van der Waals surface area contributed by atoms with Crippen molar-refractivity contribution in [2.45, 2.75) is 73.1 Å². The number of ketones is 1. The van der Waals surface area contributed by atoms with Crippen LogP contribution in [0.15, 0.2) is 11.3 Å². The van der Waals surface area contributed by atoms with Crippen molar-refractivity contribution in [3.05, 3.63) is 11.3 Å². The average molecular weight is 387 g/mol. The number of fused-ring (bicyclic) bond motifs is 5. The summed E-state index contributed by atoms with van der Waals surface area (Å²) in [5.41, 5.74) is 2.46. The van der Waals surface area contributed by atoms with Gasteiger partial charge in [0.2, 0.25) is 5.91 Å². The van der Waals surface area contributed by atoms with E-state index < -0.39 is 0 Å². The minimum absolute atomic E-state index is 0.114. The van der Waals surface area contributed by atoms with Crippen LogP contribution in [-0.2, 0) is 9.59 Å². The molecule has 0 spiro atoms. The molecule has 0 aromatic rings. The molecule has 1 N–H and O–H groups in total. The summed E-state index contributed by atoms with van der Waals surface area (Å²) in [6, 6.07) is 0. The summed E-state index contributed by atoms with van der Waals surface area (Å²) in [6.45, 7) is 13.6. The summed E-state index contributed by atoms with van der Waals surface area (Å²) in [5, 5.41) is 3.72. The summed E-state index contributed by atoms with van der Waals surface area (Å²) in [4.78, 5) is 27.6. The van der Waals surface area contributed by atoms with Gasteiger partial charge < -0.3 is 10.2 Å². The molecule has 156 valence electrons. The Balaban J connectivity index is 1.62. The highest BCUT2D eigenvalue weighted by molar-refractivity contribution is 5.96. The average Bonchev–Trinajstić information content (AvgIpc) is 3.03. The number of carbonyl (C=O) groups excluding carboxylic acids is 2. The first-order valence-corrected chi connectivity index (χ1v) is 11.5. The molecule has 3 aliphatic carbocycles. The molecule has 1 aliphatic heterocycles. The van der Waals surface area contributed by atoms with Gasteiger partial charge in [-0.2, -0.15) is 0 Å². The normalized spacial score (nSPS) is 42.4. The van der Waals surface area contributed by atoms with Gasteiger partial charge in [-0.05, 0) is 76.0 Å². The second-order valence-electron chi connectivity index (χ2n) is 10.3. The van der Waals surface area contributed by atoms with Crippen LogP contribution < -0.4 is 5.32 Å². The fourth-order valence-electron chi connectivity index (χ4n) is 7.70. The number of hydrogen-bond donors (Lipinski definition) is 1. The SMILES string of the molecule is CCN(CC)C(=O)[C@H]1CC[C@H]2[C@@H]3CNC4=C(C)C(=O)CC[C@]4(C)[C@H]3CC[C@]12C. The molecule has 0 bridgehead atoms. The fraction of sp³-hybridized carbons (Fsp3) is 0.833. The third-order valence-electron chi connectivity index (χ3n) is 9.38. The van der Waals surface area contributed by atoms with Crippen molar-refractivity contribution in [1.82, 2.24) is 10.2 Å². The number of rotatable bonds is 3. The number of amides is 1. The van der Waals surface area contributed by atoms with E-state index in [1.54, 1.807) is 0 Å². The largest absolute Gasteiger partial charge is 0.387 e. The van der Waals surface area contributed by atoms with E-state index in [0.717, 1.165) is 44.5 Å². The van der Waals surface area contributed by atoms with E-state index in [2.05, 4.69) is 33.0 Å². The molecule has 4 rings (SSSR count). The van der Waals surface area contributed by atoms with E-state index in [9.17, 15) is 9.59 Å². The third-order valence-corrected chi connectivity index (χ3v) is 9.38. The molecule has 4 heteroatoms. The van der Waals surface area contributed by atoms with Crippen LogP contribution in [0.2, 0.25) is 0 Å². The molecule has 28 heavy (non-hydrogen) atoms. The monoisotopic (exact) mass is 386 g/mol. The van der Waals surface area contributed by atoms with E-state index in [1.165, 1.54) is 18.5 Å². The first kappa shape index (κ1) is 20.0. The smallest absolute Gasteiger partial charge is 0.226 e. The number of nitrogens with one attached hydrogen (secondary N) is 1. The van der Waals surface area contributed by atoms with Crippen molar-refractivity contribution < 1.29 is 9.59 Å². The van der Waals surface area contributed by atoms with Gasteiger partial charge in [-0.3, -0.25) is 9.59 Å². The molecule has 4 nitrogen and oxygen atoms in total. The van der Waals surface area contributed by atoms with Crippen LogP contribution in [0, 0.1) is 34.5 Å². The zero-order chi connectivity index (χ0) is 20.3. The highest BCUT2D eigenvalue weighted by Gasteiger charge is 2.61. The molecule has 1 amide bonds. The molecule has 2 saturated carbocycles. The van der Waals surface area contributed by atoms with Gasteiger partial charge in [-0.25, -0.2) is 0 Å². The van der Waals surface area contributed by atoms with Gasteiger partial charge in [-0.15, -0.1) is 0 Å². The predicted octanol–water partition coefficient (Wildman–Crippen LogP) is 4.16. The number of carbonyl (C=O) groups is 2. The summed E-state index contributed by atoms with van der Waals surface area (Å²) in [7, 11) is 0. The lowest BCUT2D eigenvalue weighted by molar-refractivity contribution is -0.142. The van der Waals surface area contributed by atoms with Gasteiger partial charge in [0.05, 0.1) is 0 Å². The van der Waals surface area contributed by atoms with Gasteiger partial charge in [0.1, 0.15) is 0 Å². The maximum Gasteiger partial charge on any atom is 0.226 e. The minimum Gasteiger partial charge on any atom is -0.387 e. The summed E-state index contributed by atoms with van der Waals surface area (Å²) < 4.78 is 0. The minimum atomic E-state index is 0.114. The van der Waals surface area contributed by atoms with Crippen LogP contribution in [0.25, 0.3) is 0 Å². The first-order chi connectivity index (χ1) is 13.3. The van der Waals surface area contributed by atoms with Crippen LogP contribution in [-0.4, -0.2) is 36.2 Å². The molecule has 0 aromatic carbocycles. The Hall–Kier alpha value is -1.32. The Morgan fingerprint density at radius 3 is 2.50 bits per heavy atom. The van der Waals surface area contributed by atoms with Crippen molar-refractivity contribution >= 4 is 11.7 Å². The van der Waals surface area contributed by atoms with Gasteiger partial charge in [0, 0.05) is 48.7 Å². The molecule has 1 saturated heterocycles. The molecule has 1 heterocycles. The van der Waals surface area contributed by atoms with Crippen molar-refractivity contribution in [2.24, 2.45) is 34.5 Å². The molecule has 0 aromatic heterocycles. The number of hydrogen-bond acceptors (Lipinski definition) is 3. The highest BCUT2D eigenvalue weighted by Crippen LogP contribution is 2.64. The molecular formula is C24H38N2O2. The highest BCUT2D eigenvalue weighted by atomic mass is 16.2. The lowest BCUT2D eigenvalue weighted by atomic mass is 9.49. The molecule has 3 fully saturated rings. The van der Waals surface area contributed by atoms with Crippen LogP contribution in [0.1, 0.15) is 73.1 Å². The first-order valence-electron chi connectivity index (χ1n) is 11.5. The maximum atomic E-state index is 13.3. The van der Waals surface area contributed by atoms with Crippen LogP contribution in [0.3, 0.4) is 0 Å². The second-order valence-corrected chi connectivity index (χ2v) is 10.3. The zero-order valence-corrected chi connectivity index (χ0v) is 18.4. The predicted molar refractivity (Wildman–Crippen MR) is 112 cm³/mol. The molecular weight excluding hydrogens is 348 g/mol. The van der Waals surface area contributed by atoms with E-state index in [-0.39, 0.29) is 16.7 Å². The Morgan fingerprint density at radius 2 is 1.82 bits per heavy atom. The van der Waals surface area contributed by atoms with E-state index >= 15 is 0 Å². The van der Waals surface area contributed by atoms with Crippen molar-refractivity contribution in [2.75, 3.05) is 19.6 Å². The Kier molecular flexibility index (Phi) is 4.91. The number of allylic oxidation sites excluding steroid dienone is 2. The van der Waals surface area contributed by atoms with Crippen molar-refractivity contribution in [3.8, 4) is 0 Å². The standard InChI is InChI=1S/C24H38N2O2/c1-6-26(7-2)22(28)19-9-8-17-16-14-25-21-15(3)20(27)11-13-24(21,5)18(16)10-12-23(17,19)4/h16-19,25H,6-14H2,1-5H3/t16-,17-,18-,19+,23-,24+/m0/s1. The fourth-order valence-corrected chi connectivity index (χ4v) is 7.70. The molecule has 4 aliphatic rings. The van der Waals surface area contributed by atoms with Crippen LogP contribution >= 0.6 is 0 Å². The van der Waals surface area contributed by atoms with Gasteiger partial charge in [-0.1, -0.05) is 13.8 Å². The van der Waals surface area contributed by atoms with Crippen molar-refractivity contribution in [3.63, 3.8) is 0 Å². The Labute approximate surface area is 170 Å². The summed E-state index contributed by atoms with van der Waals surface area (Å²) >= 11 is 0. The quantitative estimate of drug-likeness (QED) is 0.792. The summed E-state index contributed by atoms with van der Waals surface area (Å²) in [5.74, 6) is 2.81. The number of nitrogens with zero attached hydrogens (tertiary/aromatic N) is 1. The Morgan fingerprint density at radius 1 is 1.11 bits per heavy atom. The van der Waals surface area contributed by atoms with E-state index in [0.29, 0.717) is 35.9 Å². The lowest BCUT2D eigenvalue weighted by Crippen LogP contribution is -2.57. The van der Waals surface area contributed by atoms with Gasteiger partial charge in [0.15, 0.2) is 5.78 Å². The third kappa shape index (κ3) is 2.62. The van der Waals surface area contributed by atoms with Crippen LogP contribution in [0.4, 0.5) is 0 Å². The molecule has 0 radical (unpaired) electrons. The Bertz CT molecular complexity index is 709. The topological polar surface area (TPSA) is 49.4 Å². The molecule has 0 unspecified atom stereocenters. The molecule has 6 atom stereocenters. The van der Waals surface area contributed by atoms with E-state index in [1.807, 2.05) is 11.8 Å². The second kappa shape index (κ2) is 6.88. The van der Waals surface area contributed by atoms with E-state index in [4.69, 9.17) is 0 Å². The van der Waals surface area contributed by atoms with Gasteiger partial charge in [0.25, 0.3) is 0 Å². The zero-order valence-electron chi connectivity index (χ0n) is 18.4. The van der Waals surface area contributed by atoms with Crippen molar-refractivity contribution in [1.29, 1.82) is 0 Å². The maximum absolute atomic E-state index is 13.3. The van der Waals surface area contributed by atoms with Gasteiger partial charge >= 0.3 is 0 Å². The van der Waals surface area contributed by atoms with Crippen LogP contribution in [0.5, 0.6) is 0 Å².